The van der Waals surface area contributed by atoms with Crippen molar-refractivity contribution in [1.29, 1.82) is 0 Å². The van der Waals surface area contributed by atoms with Gasteiger partial charge in [-0.2, -0.15) is 0 Å². The molecule has 1 aromatic heterocycles. The molecule has 0 radical (unpaired) electrons. The van der Waals surface area contributed by atoms with Crippen molar-refractivity contribution in [3.63, 3.8) is 0 Å². The number of nitrogens with zero attached hydrogens (tertiary/aromatic N) is 3. The van der Waals surface area contributed by atoms with Gasteiger partial charge >= 0.3 is 0 Å². The van der Waals surface area contributed by atoms with Crippen molar-refractivity contribution in [2.45, 2.75) is 13.0 Å². The maximum atomic E-state index is 12.9. The highest BCUT2D eigenvalue weighted by atomic mass is 32.1. The number of hydrogen-bond donors (Lipinski definition) is 1. The lowest BCUT2D eigenvalue weighted by Gasteiger charge is -2.25. The number of nitrogens with one attached hydrogen (secondary N) is 1. The second-order valence-corrected chi connectivity index (χ2v) is 8.67. The van der Waals surface area contributed by atoms with Crippen LogP contribution in [-0.4, -0.2) is 75.9 Å². The summed E-state index contributed by atoms with van der Waals surface area (Å²) in [4.78, 5) is 34.0. The van der Waals surface area contributed by atoms with Crippen LogP contribution in [0.1, 0.15) is 12.1 Å². The Morgan fingerprint density at radius 2 is 1.88 bits per heavy atom. The third-order valence-electron chi connectivity index (χ3n) is 5.73. The molecule has 10 nitrogen and oxygen atoms in total. The maximum Gasteiger partial charge on any atom is 0.231 e. The third kappa shape index (κ3) is 5.21. The summed E-state index contributed by atoms with van der Waals surface area (Å²) in [6, 6.07) is 3.41. The van der Waals surface area contributed by atoms with Crippen molar-refractivity contribution < 1.29 is 28.5 Å². The van der Waals surface area contributed by atoms with Gasteiger partial charge in [0, 0.05) is 50.1 Å². The summed E-state index contributed by atoms with van der Waals surface area (Å²) < 4.78 is 21.5. The number of carbonyl (C=O) groups excluding carboxylic acids is 2. The van der Waals surface area contributed by atoms with Gasteiger partial charge in [0.15, 0.2) is 16.6 Å². The van der Waals surface area contributed by atoms with E-state index in [-0.39, 0.29) is 24.8 Å². The number of anilines is 2. The zero-order chi connectivity index (χ0) is 23.4. The number of aromatic nitrogens is 1. The Morgan fingerprint density at radius 3 is 2.52 bits per heavy atom. The molecule has 2 aliphatic heterocycles. The lowest BCUT2D eigenvalue weighted by Crippen LogP contribution is -2.35. The van der Waals surface area contributed by atoms with Crippen LogP contribution in [0.15, 0.2) is 17.5 Å². The van der Waals surface area contributed by atoms with Crippen LogP contribution in [0.4, 0.5) is 10.8 Å². The van der Waals surface area contributed by atoms with E-state index < -0.39 is 5.92 Å². The van der Waals surface area contributed by atoms with Gasteiger partial charge in [-0.15, -0.1) is 11.3 Å². The fourth-order valence-electron chi connectivity index (χ4n) is 3.99. The minimum atomic E-state index is -0.483. The van der Waals surface area contributed by atoms with Gasteiger partial charge in [0.05, 0.1) is 51.8 Å². The first-order valence-corrected chi connectivity index (χ1v) is 11.6. The summed E-state index contributed by atoms with van der Waals surface area (Å²) >= 11 is 1.39. The van der Waals surface area contributed by atoms with Gasteiger partial charge < -0.3 is 29.2 Å². The molecular weight excluding hydrogens is 448 g/mol. The number of morpholine rings is 1. The van der Waals surface area contributed by atoms with Crippen LogP contribution < -0.4 is 24.4 Å². The van der Waals surface area contributed by atoms with Crippen LogP contribution in [0.2, 0.25) is 0 Å². The molecule has 2 amide bonds. The summed E-state index contributed by atoms with van der Waals surface area (Å²) in [5.74, 6) is 0.498. The minimum absolute atomic E-state index is 0.120. The molecule has 1 aromatic carbocycles. The summed E-state index contributed by atoms with van der Waals surface area (Å²) in [5.41, 5.74) is 1.51. The Morgan fingerprint density at radius 1 is 1.18 bits per heavy atom. The number of thiazole rings is 1. The Balaban J connectivity index is 1.40. The Kier molecular flexibility index (Phi) is 7.31. The van der Waals surface area contributed by atoms with Gasteiger partial charge in [-0.25, -0.2) is 4.98 Å². The molecule has 3 heterocycles. The van der Waals surface area contributed by atoms with E-state index in [9.17, 15) is 9.59 Å². The van der Waals surface area contributed by atoms with Crippen LogP contribution in [0.5, 0.6) is 17.2 Å². The van der Waals surface area contributed by atoms with Crippen LogP contribution >= 0.6 is 11.3 Å². The summed E-state index contributed by atoms with van der Waals surface area (Å²) in [6.45, 7) is 4.19. The zero-order valence-electron chi connectivity index (χ0n) is 19.0. The van der Waals surface area contributed by atoms with Gasteiger partial charge in [0.1, 0.15) is 0 Å². The van der Waals surface area contributed by atoms with Gasteiger partial charge in [-0.1, -0.05) is 0 Å². The van der Waals surface area contributed by atoms with Crippen molar-refractivity contribution >= 4 is 34.0 Å². The van der Waals surface area contributed by atoms with Crippen molar-refractivity contribution in [3.05, 3.63) is 23.2 Å². The van der Waals surface area contributed by atoms with E-state index in [1.165, 1.54) is 32.7 Å². The molecule has 4 rings (SSSR count). The first-order chi connectivity index (χ1) is 16.0. The first-order valence-electron chi connectivity index (χ1n) is 10.7. The van der Waals surface area contributed by atoms with Gasteiger partial charge in [-0.05, 0) is 0 Å². The molecule has 0 unspecified atom stereocenters. The molecular formula is C22H28N4O6S. The number of amides is 2. The highest BCUT2D eigenvalue weighted by Crippen LogP contribution is 2.42. The molecule has 178 valence electrons. The third-order valence-corrected chi connectivity index (χ3v) is 6.53. The number of carbonyl (C=O) groups is 2. The number of benzene rings is 1. The van der Waals surface area contributed by atoms with E-state index in [2.05, 4.69) is 15.2 Å². The molecule has 2 aliphatic rings. The predicted molar refractivity (Wildman–Crippen MR) is 123 cm³/mol. The zero-order valence-corrected chi connectivity index (χ0v) is 19.8. The average Bonchev–Trinajstić information content (AvgIpc) is 3.44. The molecule has 0 spiro atoms. The van der Waals surface area contributed by atoms with Crippen LogP contribution in [0, 0.1) is 5.92 Å². The van der Waals surface area contributed by atoms with Gasteiger partial charge in [-0.3, -0.25) is 14.5 Å². The summed E-state index contributed by atoms with van der Waals surface area (Å²) in [5, 5.41) is 5.37. The van der Waals surface area contributed by atoms with Crippen LogP contribution in [-0.2, 0) is 20.9 Å². The molecule has 1 atom stereocenters. The monoisotopic (exact) mass is 476 g/mol. The summed E-state index contributed by atoms with van der Waals surface area (Å²) in [7, 11) is 4.56. The van der Waals surface area contributed by atoms with Crippen LogP contribution in [0.3, 0.4) is 0 Å². The lowest BCUT2D eigenvalue weighted by atomic mass is 10.1. The van der Waals surface area contributed by atoms with E-state index >= 15 is 0 Å². The number of rotatable bonds is 8. The van der Waals surface area contributed by atoms with Crippen molar-refractivity contribution in [3.8, 4) is 17.2 Å². The Hall–Kier alpha value is -2.89. The standard InChI is InChI=1S/C22H28N4O6S/c1-29-17-9-16(10-18(30-2)20(17)31-3)26-11-14(8-19(26)27)21(28)24-22-23-15(13-33-22)12-25-4-6-32-7-5-25/h9-10,13-14H,4-8,11-12H2,1-3H3,(H,23,24,28)/t14-/m0/s1. The van der Waals surface area contributed by atoms with E-state index in [1.807, 2.05) is 5.38 Å². The van der Waals surface area contributed by atoms with Gasteiger partial charge in [0.25, 0.3) is 0 Å². The van der Waals surface area contributed by atoms with Gasteiger partial charge in [0.2, 0.25) is 17.6 Å². The van der Waals surface area contributed by atoms with Crippen molar-refractivity contribution in [2.24, 2.45) is 5.92 Å². The van der Waals surface area contributed by atoms with Crippen LogP contribution in [0.25, 0.3) is 0 Å². The van der Waals surface area contributed by atoms with Crippen molar-refractivity contribution in [2.75, 3.05) is 64.4 Å². The Labute approximate surface area is 196 Å². The lowest BCUT2D eigenvalue weighted by molar-refractivity contribution is -0.122. The molecule has 33 heavy (non-hydrogen) atoms. The van der Waals surface area contributed by atoms with E-state index in [0.717, 1.165) is 38.5 Å². The normalized spacial score (nSPS) is 18.9. The van der Waals surface area contributed by atoms with E-state index in [0.29, 0.717) is 28.1 Å². The molecule has 0 aliphatic carbocycles. The van der Waals surface area contributed by atoms with E-state index in [1.54, 1.807) is 17.0 Å². The predicted octanol–water partition coefficient (Wildman–Crippen LogP) is 1.99. The fraction of sp³-hybridized carbons (Fsp3) is 0.500. The van der Waals surface area contributed by atoms with Crippen molar-refractivity contribution in [1.82, 2.24) is 9.88 Å². The molecule has 0 saturated carbocycles. The number of hydrogen-bond acceptors (Lipinski definition) is 9. The highest BCUT2D eigenvalue weighted by molar-refractivity contribution is 7.13. The second-order valence-electron chi connectivity index (χ2n) is 7.81. The maximum absolute atomic E-state index is 12.9. The topological polar surface area (TPSA) is 102 Å². The quantitative estimate of drug-likeness (QED) is 0.617. The SMILES string of the molecule is COc1cc(N2C[C@@H](C(=O)Nc3nc(CN4CCOCC4)cs3)CC2=O)cc(OC)c1OC. The number of ether oxygens (including phenoxy) is 4. The molecule has 2 fully saturated rings. The largest absolute Gasteiger partial charge is 0.493 e. The molecule has 0 bridgehead atoms. The number of methoxy groups -OCH3 is 3. The second kappa shape index (κ2) is 10.4. The Bertz CT molecular complexity index is 982. The summed E-state index contributed by atoms with van der Waals surface area (Å²) in [6.07, 6.45) is 0.120. The smallest absolute Gasteiger partial charge is 0.231 e. The highest BCUT2D eigenvalue weighted by Gasteiger charge is 2.36. The fourth-order valence-corrected chi connectivity index (χ4v) is 4.69. The minimum Gasteiger partial charge on any atom is -0.493 e. The molecule has 1 N–H and O–H groups in total. The average molecular weight is 477 g/mol. The molecule has 2 aromatic rings. The molecule has 2 saturated heterocycles. The molecule has 11 heteroatoms. The first kappa shape index (κ1) is 23.3. The van der Waals surface area contributed by atoms with E-state index in [4.69, 9.17) is 18.9 Å².